The second kappa shape index (κ2) is 6.69. The van der Waals surface area contributed by atoms with E-state index in [1.807, 2.05) is 24.3 Å². The molecule has 2 rings (SSSR count). The molecule has 0 spiro atoms. The van der Waals surface area contributed by atoms with Crippen molar-refractivity contribution in [3.05, 3.63) is 52.7 Å². The summed E-state index contributed by atoms with van der Waals surface area (Å²) < 4.78 is 10.9. The summed E-state index contributed by atoms with van der Waals surface area (Å²) in [5, 5.41) is 13.8. The van der Waals surface area contributed by atoms with Crippen LogP contribution in [-0.2, 0) is 9.53 Å². The molecule has 0 aliphatic rings. The summed E-state index contributed by atoms with van der Waals surface area (Å²) >= 11 is 3.35. The van der Waals surface area contributed by atoms with Crippen molar-refractivity contribution in [1.82, 2.24) is 5.16 Å². The third-order valence-corrected chi connectivity index (χ3v) is 3.33. The topological polar surface area (TPSA) is 72.6 Å². The lowest BCUT2D eigenvalue weighted by atomic mass is 10.1. The zero-order chi connectivity index (χ0) is 15.4. The van der Waals surface area contributed by atoms with Crippen molar-refractivity contribution in [3.8, 4) is 11.3 Å². The number of carbonyl (C=O) groups is 1. The zero-order valence-electron chi connectivity index (χ0n) is 11.4. The zero-order valence-corrected chi connectivity index (χ0v) is 13.0. The maximum absolute atomic E-state index is 11.5. The lowest BCUT2D eigenvalue weighted by Crippen LogP contribution is -2.13. The maximum Gasteiger partial charge on any atom is 0.336 e. The van der Waals surface area contributed by atoms with Gasteiger partial charge in [-0.25, -0.2) is 4.79 Å². The highest BCUT2D eigenvalue weighted by Crippen LogP contribution is 2.27. The minimum Gasteiger partial charge on any atom is -0.463 e. The highest BCUT2D eigenvalue weighted by Gasteiger charge is 2.23. The Morgan fingerprint density at radius 2 is 2.14 bits per heavy atom. The van der Waals surface area contributed by atoms with E-state index < -0.39 is 12.1 Å². The van der Waals surface area contributed by atoms with Crippen molar-refractivity contribution >= 4 is 21.9 Å². The second-order valence-corrected chi connectivity index (χ2v) is 5.19. The van der Waals surface area contributed by atoms with Crippen LogP contribution in [-0.4, -0.2) is 22.8 Å². The average molecular weight is 352 g/mol. The molecule has 0 radical (unpaired) electrons. The highest BCUT2D eigenvalue weighted by molar-refractivity contribution is 9.10. The number of carbonyl (C=O) groups excluding carboxylic acids is 1. The molecule has 110 valence electrons. The molecule has 0 saturated heterocycles. The summed E-state index contributed by atoms with van der Waals surface area (Å²) in [6, 6.07) is 9.00. The minimum atomic E-state index is -1.25. The molecule has 1 heterocycles. The molecule has 0 aliphatic heterocycles. The number of halogens is 1. The fraction of sp³-hybridized carbons (Fsp3) is 0.200. The summed E-state index contributed by atoms with van der Waals surface area (Å²) in [5.41, 5.74) is 0.948. The van der Waals surface area contributed by atoms with Gasteiger partial charge in [0.25, 0.3) is 0 Å². The van der Waals surface area contributed by atoms with Crippen molar-refractivity contribution in [3.63, 3.8) is 0 Å². The Morgan fingerprint density at radius 3 is 2.76 bits per heavy atom. The highest BCUT2D eigenvalue weighted by atomic mass is 79.9. The van der Waals surface area contributed by atoms with E-state index in [9.17, 15) is 9.90 Å². The van der Waals surface area contributed by atoms with Crippen molar-refractivity contribution in [1.29, 1.82) is 0 Å². The number of ether oxygens (including phenoxy) is 1. The van der Waals surface area contributed by atoms with Gasteiger partial charge < -0.3 is 14.4 Å². The third kappa shape index (κ3) is 3.59. The van der Waals surface area contributed by atoms with Gasteiger partial charge in [0, 0.05) is 16.1 Å². The number of rotatable bonds is 5. The molecular weight excluding hydrogens is 338 g/mol. The Morgan fingerprint density at radius 1 is 1.48 bits per heavy atom. The number of aliphatic hydroxyl groups excluding tert-OH is 1. The van der Waals surface area contributed by atoms with Crippen LogP contribution >= 0.6 is 15.9 Å². The molecule has 0 aliphatic carbocycles. The van der Waals surface area contributed by atoms with Gasteiger partial charge in [-0.3, -0.25) is 0 Å². The quantitative estimate of drug-likeness (QED) is 0.661. The molecule has 2 aromatic rings. The van der Waals surface area contributed by atoms with Gasteiger partial charge in [-0.1, -0.05) is 39.8 Å². The predicted molar refractivity (Wildman–Crippen MR) is 80.4 cm³/mol. The molecule has 1 unspecified atom stereocenters. The molecular formula is C15H14BrNO4. The Hall–Kier alpha value is -1.92. The molecule has 0 bridgehead atoms. The number of aliphatic hydroxyl groups is 1. The average Bonchev–Trinajstić information content (AvgIpc) is 2.96. The molecule has 1 aromatic heterocycles. The van der Waals surface area contributed by atoms with Crippen LogP contribution in [0.5, 0.6) is 0 Å². The molecule has 0 saturated carbocycles. The van der Waals surface area contributed by atoms with E-state index >= 15 is 0 Å². The monoisotopic (exact) mass is 351 g/mol. The number of nitrogens with zero attached hydrogens (tertiary/aromatic N) is 1. The van der Waals surface area contributed by atoms with Gasteiger partial charge in [-0.15, -0.1) is 0 Å². The number of hydrogen-bond donors (Lipinski definition) is 1. The number of esters is 1. The predicted octanol–water partition coefficient (Wildman–Crippen LogP) is 3.26. The van der Waals surface area contributed by atoms with E-state index in [2.05, 4.69) is 27.7 Å². The second-order valence-electron chi connectivity index (χ2n) is 4.27. The van der Waals surface area contributed by atoms with Gasteiger partial charge in [0.2, 0.25) is 0 Å². The molecule has 1 aromatic carbocycles. The summed E-state index contributed by atoms with van der Waals surface area (Å²) in [7, 11) is 0. The summed E-state index contributed by atoms with van der Waals surface area (Å²) in [6.07, 6.45) is -1.25. The Bertz CT molecular complexity index is 648. The van der Waals surface area contributed by atoms with Crippen molar-refractivity contribution in [2.75, 3.05) is 6.61 Å². The summed E-state index contributed by atoms with van der Waals surface area (Å²) in [5.74, 6) is -0.161. The molecule has 21 heavy (non-hydrogen) atoms. The third-order valence-electron chi connectivity index (χ3n) is 2.80. The number of hydrogen-bond acceptors (Lipinski definition) is 5. The van der Waals surface area contributed by atoms with Crippen molar-refractivity contribution < 1.29 is 19.2 Å². The van der Waals surface area contributed by atoms with Crippen molar-refractivity contribution in [2.45, 2.75) is 13.0 Å². The van der Waals surface area contributed by atoms with Crippen molar-refractivity contribution in [2.24, 2.45) is 0 Å². The first-order valence-corrected chi connectivity index (χ1v) is 7.08. The molecule has 0 fully saturated rings. The van der Waals surface area contributed by atoms with Gasteiger partial charge in [0.15, 0.2) is 5.76 Å². The fourth-order valence-corrected chi connectivity index (χ4v) is 1.95. The van der Waals surface area contributed by atoms with E-state index in [0.717, 1.165) is 10.0 Å². The van der Waals surface area contributed by atoms with E-state index in [0.29, 0.717) is 5.76 Å². The van der Waals surface area contributed by atoms with Gasteiger partial charge in [-0.05, 0) is 19.1 Å². The Balaban J connectivity index is 2.17. The van der Waals surface area contributed by atoms with Crippen LogP contribution in [0, 0.1) is 0 Å². The van der Waals surface area contributed by atoms with Crippen LogP contribution in [0.15, 0.2) is 51.5 Å². The van der Waals surface area contributed by atoms with Gasteiger partial charge in [-0.2, -0.15) is 0 Å². The Labute approximate surface area is 130 Å². The number of benzene rings is 1. The van der Waals surface area contributed by atoms with Gasteiger partial charge >= 0.3 is 5.97 Å². The van der Waals surface area contributed by atoms with Crippen LogP contribution in [0.25, 0.3) is 11.3 Å². The molecule has 1 atom stereocenters. The molecule has 1 N–H and O–H groups in total. The molecule has 6 heteroatoms. The van der Waals surface area contributed by atoms with E-state index in [1.165, 1.54) is 0 Å². The van der Waals surface area contributed by atoms with Crippen LogP contribution in [0.1, 0.15) is 18.7 Å². The van der Waals surface area contributed by atoms with Gasteiger partial charge in [0.05, 0.1) is 12.2 Å². The largest absolute Gasteiger partial charge is 0.463 e. The first-order valence-electron chi connectivity index (χ1n) is 6.29. The number of aromatic nitrogens is 1. The SMILES string of the molecule is C=C(C(=O)OCC)C(O)c1cc(-c2ccc(Br)cc2)on1. The first kappa shape index (κ1) is 15.5. The van der Waals surface area contributed by atoms with Crippen LogP contribution in [0.4, 0.5) is 0 Å². The van der Waals surface area contributed by atoms with E-state index in [1.54, 1.807) is 13.0 Å². The van der Waals surface area contributed by atoms with E-state index in [-0.39, 0.29) is 17.9 Å². The smallest absolute Gasteiger partial charge is 0.336 e. The molecule has 5 nitrogen and oxygen atoms in total. The molecule has 0 amide bonds. The summed E-state index contributed by atoms with van der Waals surface area (Å²) in [6.45, 7) is 5.43. The van der Waals surface area contributed by atoms with Gasteiger partial charge in [0.1, 0.15) is 11.8 Å². The first-order chi connectivity index (χ1) is 10.0. The Kier molecular flexibility index (Phi) is 4.93. The normalized spacial score (nSPS) is 12.0. The van der Waals surface area contributed by atoms with Crippen LogP contribution in [0.3, 0.4) is 0 Å². The van der Waals surface area contributed by atoms with E-state index in [4.69, 9.17) is 9.26 Å². The fourth-order valence-electron chi connectivity index (χ4n) is 1.68. The standard InChI is InChI=1S/C15H14BrNO4/c1-3-20-15(19)9(2)14(18)12-8-13(21-17-12)10-4-6-11(16)7-5-10/h4-8,14,18H,2-3H2,1H3. The minimum absolute atomic E-state index is 0.0764. The lowest BCUT2D eigenvalue weighted by molar-refractivity contribution is -0.139. The lowest BCUT2D eigenvalue weighted by Gasteiger charge is -2.09. The summed E-state index contributed by atoms with van der Waals surface area (Å²) in [4.78, 5) is 11.5. The maximum atomic E-state index is 11.5. The van der Waals surface area contributed by atoms with Crippen LogP contribution in [0.2, 0.25) is 0 Å². The van der Waals surface area contributed by atoms with Crippen LogP contribution < -0.4 is 0 Å².